The zero-order valence-electron chi connectivity index (χ0n) is 13.2. The van der Waals surface area contributed by atoms with Gasteiger partial charge in [0, 0.05) is 13.8 Å². The Morgan fingerprint density at radius 1 is 1.14 bits per heavy atom. The minimum atomic E-state index is -4.03. The van der Waals surface area contributed by atoms with Crippen LogP contribution in [0, 0.1) is 0 Å². The molecule has 0 aliphatic heterocycles. The summed E-state index contributed by atoms with van der Waals surface area (Å²) < 4.78 is 26.6. The number of quaternary nitrogens is 1. The van der Waals surface area contributed by atoms with Gasteiger partial charge in [0.25, 0.3) is 0 Å². The molecule has 0 saturated carbocycles. The lowest BCUT2D eigenvalue weighted by molar-refractivity contribution is -0.868. The Balaban J connectivity index is 4.39. The average molecular weight is 325 g/mol. The van der Waals surface area contributed by atoms with E-state index in [0.29, 0.717) is 11.0 Å². The van der Waals surface area contributed by atoms with Crippen molar-refractivity contribution in [2.75, 3.05) is 47.1 Å². The minimum Gasteiger partial charge on any atom is -0.778 e. The molecule has 1 unspecified atom stereocenters. The second kappa shape index (κ2) is 8.48. The Labute approximate surface area is 125 Å². The number of rotatable bonds is 9. The number of hydrogen-bond donors (Lipinski definition) is 0. The van der Waals surface area contributed by atoms with E-state index in [1.54, 1.807) is 0 Å². The fraction of sp³-hybridized carbons (Fsp3) is 0.833. The van der Waals surface area contributed by atoms with Crippen molar-refractivity contribution in [1.29, 1.82) is 0 Å². The lowest BCUT2D eigenvalue weighted by Crippen LogP contribution is -2.38. The second-order valence-electron chi connectivity index (χ2n) is 5.68. The molecule has 0 saturated heterocycles. The van der Waals surface area contributed by atoms with Gasteiger partial charge in [0.1, 0.15) is 14.2 Å². The van der Waals surface area contributed by atoms with Crippen LogP contribution in [0.1, 0.15) is 13.8 Å². The molecular formula is C12H24NO7P. The molecule has 0 bridgehead atoms. The van der Waals surface area contributed by atoms with Crippen LogP contribution >= 0.6 is 7.60 Å². The summed E-state index contributed by atoms with van der Waals surface area (Å²) >= 11 is 0. The number of hydrogen-bond acceptors (Lipinski definition) is 7. The fourth-order valence-electron chi connectivity index (χ4n) is 1.24. The van der Waals surface area contributed by atoms with Gasteiger partial charge < -0.3 is 27.9 Å². The maximum absolute atomic E-state index is 11.8. The molecular weight excluding hydrogens is 301 g/mol. The van der Waals surface area contributed by atoms with Crippen molar-refractivity contribution in [2.24, 2.45) is 0 Å². The highest BCUT2D eigenvalue weighted by Crippen LogP contribution is 2.36. The molecule has 21 heavy (non-hydrogen) atoms. The van der Waals surface area contributed by atoms with Crippen LogP contribution in [-0.2, 0) is 28.2 Å². The Kier molecular flexibility index (Phi) is 8.10. The van der Waals surface area contributed by atoms with E-state index < -0.39 is 25.6 Å². The Morgan fingerprint density at radius 3 is 2.14 bits per heavy atom. The SMILES string of the molecule is CC(=O)OC[C@H](COP(=O)([O-])CC[N+](C)(C)C)OC(C)=O. The first-order chi connectivity index (χ1) is 9.41. The predicted molar refractivity (Wildman–Crippen MR) is 73.5 cm³/mol. The van der Waals surface area contributed by atoms with Crippen molar-refractivity contribution in [1.82, 2.24) is 0 Å². The highest BCUT2D eigenvalue weighted by atomic mass is 31.2. The largest absolute Gasteiger partial charge is 0.778 e. The van der Waals surface area contributed by atoms with Crippen LogP contribution in [0.5, 0.6) is 0 Å². The van der Waals surface area contributed by atoms with Gasteiger partial charge in [-0.1, -0.05) is 0 Å². The fourth-order valence-corrected chi connectivity index (χ4v) is 2.61. The zero-order chi connectivity index (χ0) is 16.7. The molecule has 0 amide bonds. The van der Waals surface area contributed by atoms with Gasteiger partial charge in [-0.3, -0.25) is 9.59 Å². The van der Waals surface area contributed by atoms with Gasteiger partial charge in [-0.15, -0.1) is 0 Å². The molecule has 0 aromatic carbocycles. The number of ether oxygens (including phenoxy) is 2. The molecule has 124 valence electrons. The summed E-state index contributed by atoms with van der Waals surface area (Å²) in [5.41, 5.74) is 0. The summed E-state index contributed by atoms with van der Waals surface area (Å²) in [6.07, 6.45) is -1.07. The van der Waals surface area contributed by atoms with E-state index in [0.717, 1.165) is 0 Å². The van der Waals surface area contributed by atoms with E-state index in [4.69, 9.17) is 14.0 Å². The van der Waals surface area contributed by atoms with Crippen molar-refractivity contribution in [3.05, 3.63) is 0 Å². The molecule has 0 fully saturated rings. The maximum atomic E-state index is 11.8. The third-order valence-electron chi connectivity index (χ3n) is 2.31. The normalized spacial score (nSPS) is 15.9. The summed E-state index contributed by atoms with van der Waals surface area (Å²) in [5, 5.41) is 0. The van der Waals surface area contributed by atoms with Crippen LogP contribution in [0.4, 0.5) is 0 Å². The molecule has 0 radical (unpaired) electrons. The van der Waals surface area contributed by atoms with E-state index in [9.17, 15) is 19.0 Å². The molecule has 0 aliphatic rings. The van der Waals surface area contributed by atoms with E-state index >= 15 is 0 Å². The summed E-state index contributed by atoms with van der Waals surface area (Å²) in [5.74, 6) is -1.16. The van der Waals surface area contributed by atoms with E-state index in [2.05, 4.69) is 0 Å². The van der Waals surface area contributed by atoms with Gasteiger partial charge in [0.15, 0.2) is 6.10 Å². The first kappa shape index (κ1) is 20.1. The van der Waals surface area contributed by atoms with Gasteiger partial charge in [-0.25, -0.2) is 0 Å². The van der Waals surface area contributed by atoms with Crippen LogP contribution < -0.4 is 4.89 Å². The number of esters is 2. The summed E-state index contributed by atoms with van der Waals surface area (Å²) in [6.45, 7) is 2.15. The molecule has 0 aromatic rings. The molecule has 0 spiro atoms. The van der Waals surface area contributed by atoms with Gasteiger partial charge in [-0.2, -0.15) is 0 Å². The molecule has 9 heteroatoms. The summed E-state index contributed by atoms with van der Waals surface area (Å²) in [4.78, 5) is 33.4. The predicted octanol–water partition coefficient (Wildman–Crippen LogP) is -0.243. The quantitative estimate of drug-likeness (QED) is 0.327. The van der Waals surface area contributed by atoms with Crippen molar-refractivity contribution in [2.45, 2.75) is 20.0 Å². The topological polar surface area (TPSA) is 102 Å². The molecule has 0 rings (SSSR count). The molecule has 0 heterocycles. The van der Waals surface area contributed by atoms with Crippen molar-refractivity contribution in [3.63, 3.8) is 0 Å². The van der Waals surface area contributed by atoms with Gasteiger partial charge in [0.2, 0.25) is 0 Å². The Bertz CT molecular complexity index is 405. The van der Waals surface area contributed by atoms with Gasteiger partial charge in [-0.05, 0) is 0 Å². The third-order valence-corrected chi connectivity index (χ3v) is 3.60. The van der Waals surface area contributed by atoms with Crippen LogP contribution in [-0.4, -0.2) is 69.6 Å². The summed E-state index contributed by atoms with van der Waals surface area (Å²) in [6, 6.07) is 0. The Hall–Kier alpha value is -0.950. The number of carbonyl (C=O) groups excluding carboxylic acids is 2. The van der Waals surface area contributed by atoms with E-state index in [-0.39, 0.29) is 19.4 Å². The first-order valence-electron chi connectivity index (χ1n) is 6.47. The van der Waals surface area contributed by atoms with Crippen molar-refractivity contribution in [3.8, 4) is 0 Å². The van der Waals surface area contributed by atoms with Gasteiger partial charge >= 0.3 is 11.9 Å². The third kappa shape index (κ3) is 12.5. The monoisotopic (exact) mass is 325 g/mol. The van der Waals surface area contributed by atoms with Crippen molar-refractivity contribution < 1.29 is 37.5 Å². The second-order valence-corrected chi connectivity index (χ2v) is 7.61. The molecule has 2 atom stereocenters. The number of carbonyl (C=O) groups is 2. The van der Waals surface area contributed by atoms with Gasteiger partial charge in [0.05, 0.1) is 40.5 Å². The van der Waals surface area contributed by atoms with E-state index in [1.807, 2.05) is 21.1 Å². The highest BCUT2D eigenvalue weighted by Gasteiger charge is 2.20. The van der Waals surface area contributed by atoms with Crippen molar-refractivity contribution >= 4 is 19.5 Å². The Morgan fingerprint density at radius 2 is 1.71 bits per heavy atom. The van der Waals surface area contributed by atoms with Crippen LogP contribution in [0.15, 0.2) is 0 Å². The zero-order valence-corrected chi connectivity index (χ0v) is 14.1. The smallest absolute Gasteiger partial charge is 0.303 e. The molecule has 0 aromatic heterocycles. The average Bonchev–Trinajstić information content (AvgIpc) is 2.29. The number of nitrogens with zero attached hydrogens (tertiary/aromatic N) is 1. The molecule has 0 N–H and O–H groups in total. The minimum absolute atomic E-state index is 0.128. The standard InChI is InChI=1S/C12H24NO7P/c1-10(14)18-8-12(20-11(2)15)9-19-21(16,17)7-6-13(3,4)5/h12H,6-9H2,1-5H3/t12-/m1/s1. The van der Waals surface area contributed by atoms with Crippen LogP contribution in [0.3, 0.4) is 0 Å². The maximum Gasteiger partial charge on any atom is 0.303 e. The lowest BCUT2D eigenvalue weighted by atomic mass is 10.4. The first-order valence-corrected chi connectivity index (χ1v) is 8.20. The van der Waals surface area contributed by atoms with Crippen LogP contribution in [0.2, 0.25) is 0 Å². The molecule has 8 nitrogen and oxygen atoms in total. The molecule has 0 aliphatic carbocycles. The van der Waals surface area contributed by atoms with E-state index in [1.165, 1.54) is 13.8 Å². The highest BCUT2D eigenvalue weighted by molar-refractivity contribution is 7.51. The lowest BCUT2D eigenvalue weighted by Gasteiger charge is -2.30. The summed E-state index contributed by atoms with van der Waals surface area (Å²) in [7, 11) is 1.56. The van der Waals surface area contributed by atoms with Crippen LogP contribution in [0.25, 0.3) is 0 Å².